The molecule has 0 radical (unpaired) electrons. The number of carbonyl (C=O) groups is 2. The first-order valence-electron chi connectivity index (χ1n) is 8.44. The lowest BCUT2D eigenvalue weighted by Gasteiger charge is -2.28. The van der Waals surface area contributed by atoms with Gasteiger partial charge in [-0.15, -0.1) is 0 Å². The van der Waals surface area contributed by atoms with Gasteiger partial charge in [0, 0.05) is 18.8 Å². The van der Waals surface area contributed by atoms with Gasteiger partial charge in [0.15, 0.2) is 0 Å². The van der Waals surface area contributed by atoms with E-state index in [-0.39, 0.29) is 30.7 Å². The largest absolute Gasteiger partial charge is 0.370 e. The van der Waals surface area contributed by atoms with Crippen LogP contribution in [-0.4, -0.2) is 62.1 Å². The van der Waals surface area contributed by atoms with E-state index in [1.165, 1.54) is 17.0 Å². The third kappa shape index (κ3) is 4.53. The number of anilines is 2. The molecule has 1 aliphatic heterocycles. The van der Waals surface area contributed by atoms with Crippen LogP contribution >= 0.6 is 0 Å². The van der Waals surface area contributed by atoms with Gasteiger partial charge in [0.25, 0.3) is 5.91 Å². The van der Waals surface area contributed by atoms with Gasteiger partial charge in [-0.2, -0.15) is 0 Å². The second kappa shape index (κ2) is 8.89. The standard InChI is InChI=1S/C17H25FN4O3/c1-3-21(4-2)15(10-19)17(24)20-14-6-5-12(9-13(14)18)22-7-8-25-11-16(22)23/h5-6,9,15H,3-4,7-8,10-11,19H2,1-2H3,(H,20,24)/t15-/m1/s1. The van der Waals surface area contributed by atoms with E-state index in [0.29, 0.717) is 31.9 Å². The molecule has 1 atom stereocenters. The highest BCUT2D eigenvalue weighted by Crippen LogP contribution is 2.23. The van der Waals surface area contributed by atoms with Crippen molar-refractivity contribution in [3.63, 3.8) is 0 Å². The number of nitrogens with two attached hydrogens (primary N) is 1. The molecule has 0 unspecified atom stereocenters. The van der Waals surface area contributed by atoms with Gasteiger partial charge in [-0.3, -0.25) is 14.5 Å². The van der Waals surface area contributed by atoms with Gasteiger partial charge >= 0.3 is 0 Å². The molecule has 2 amide bonds. The summed E-state index contributed by atoms with van der Waals surface area (Å²) < 4.78 is 19.5. The molecule has 1 fully saturated rings. The van der Waals surface area contributed by atoms with Crippen LogP contribution in [0.5, 0.6) is 0 Å². The van der Waals surface area contributed by atoms with E-state index >= 15 is 0 Å². The van der Waals surface area contributed by atoms with E-state index in [0.717, 1.165) is 0 Å². The van der Waals surface area contributed by atoms with E-state index in [2.05, 4.69) is 5.32 Å². The molecule has 1 aromatic carbocycles. The second-order valence-electron chi connectivity index (χ2n) is 5.72. The monoisotopic (exact) mass is 352 g/mol. The molecule has 0 aromatic heterocycles. The van der Waals surface area contributed by atoms with Crippen molar-refractivity contribution in [1.29, 1.82) is 0 Å². The first kappa shape index (κ1) is 19.3. The summed E-state index contributed by atoms with van der Waals surface area (Å²) in [5.74, 6) is -1.16. The van der Waals surface area contributed by atoms with Crippen molar-refractivity contribution in [3.8, 4) is 0 Å². The molecule has 0 aliphatic carbocycles. The van der Waals surface area contributed by atoms with Crippen molar-refractivity contribution < 1.29 is 18.7 Å². The predicted molar refractivity (Wildman–Crippen MR) is 94.0 cm³/mol. The SMILES string of the molecule is CCN(CC)[C@H](CN)C(=O)Nc1ccc(N2CCOCC2=O)cc1F. The third-order valence-corrected chi connectivity index (χ3v) is 4.29. The molecular weight excluding hydrogens is 327 g/mol. The van der Waals surface area contributed by atoms with Crippen molar-refractivity contribution in [1.82, 2.24) is 4.90 Å². The molecular formula is C17H25FN4O3. The van der Waals surface area contributed by atoms with Crippen LogP contribution < -0.4 is 16.0 Å². The highest BCUT2D eigenvalue weighted by atomic mass is 19.1. The van der Waals surface area contributed by atoms with Crippen LogP contribution in [0.15, 0.2) is 18.2 Å². The molecule has 0 spiro atoms. The quantitative estimate of drug-likeness (QED) is 0.758. The van der Waals surface area contributed by atoms with E-state index in [1.54, 1.807) is 6.07 Å². The first-order chi connectivity index (χ1) is 12.0. The summed E-state index contributed by atoms with van der Waals surface area (Å²) in [7, 11) is 0. The Morgan fingerprint density at radius 1 is 1.44 bits per heavy atom. The fourth-order valence-corrected chi connectivity index (χ4v) is 2.87. The normalized spacial score (nSPS) is 16.2. The number of carbonyl (C=O) groups excluding carboxylic acids is 2. The molecule has 138 valence electrons. The molecule has 1 aromatic rings. The van der Waals surface area contributed by atoms with Gasteiger partial charge in [-0.25, -0.2) is 4.39 Å². The van der Waals surface area contributed by atoms with E-state index in [9.17, 15) is 14.0 Å². The number of morpholine rings is 1. The van der Waals surface area contributed by atoms with Crippen LogP contribution in [0.4, 0.5) is 15.8 Å². The number of halogens is 1. The molecule has 1 saturated heterocycles. The molecule has 7 nitrogen and oxygen atoms in total. The molecule has 0 bridgehead atoms. The maximum Gasteiger partial charge on any atom is 0.253 e. The molecule has 2 rings (SSSR count). The van der Waals surface area contributed by atoms with Gasteiger partial charge < -0.3 is 20.7 Å². The van der Waals surface area contributed by atoms with Crippen molar-refractivity contribution in [3.05, 3.63) is 24.0 Å². The zero-order valence-electron chi connectivity index (χ0n) is 14.6. The molecule has 1 aliphatic rings. The molecule has 8 heteroatoms. The summed E-state index contributed by atoms with van der Waals surface area (Å²) in [6.45, 7) is 6.15. The highest BCUT2D eigenvalue weighted by Gasteiger charge is 2.24. The van der Waals surface area contributed by atoms with Crippen LogP contribution in [0, 0.1) is 5.82 Å². The molecule has 3 N–H and O–H groups in total. The van der Waals surface area contributed by atoms with Gasteiger partial charge in [0.1, 0.15) is 18.5 Å². The number of ether oxygens (including phenoxy) is 1. The van der Waals surface area contributed by atoms with Crippen LogP contribution in [0.25, 0.3) is 0 Å². The fraction of sp³-hybridized carbons (Fsp3) is 0.529. The topological polar surface area (TPSA) is 87.9 Å². The number of likely N-dealkylation sites (N-methyl/N-ethyl adjacent to an activating group) is 1. The molecule has 0 saturated carbocycles. The number of nitrogens with one attached hydrogen (secondary N) is 1. The van der Waals surface area contributed by atoms with Gasteiger partial charge in [0.05, 0.1) is 12.3 Å². The first-order valence-corrected chi connectivity index (χ1v) is 8.44. The fourth-order valence-electron chi connectivity index (χ4n) is 2.87. The maximum absolute atomic E-state index is 14.4. The Morgan fingerprint density at radius 3 is 2.72 bits per heavy atom. The number of hydrogen-bond donors (Lipinski definition) is 2. The number of rotatable bonds is 7. The minimum absolute atomic E-state index is 0.0117. The Labute approximate surface area is 146 Å². The van der Waals surface area contributed by atoms with Crippen molar-refractivity contribution in [2.75, 3.05) is 49.6 Å². The average molecular weight is 352 g/mol. The van der Waals surface area contributed by atoms with Gasteiger partial charge in [-0.1, -0.05) is 13.8 Å². The lowest BCUT2D eigenvalue weighted by Crippen LogP contribution is -2.48. The van der Waals surface area contributed by atoms with E-state index in [1.807, 2.05) is 18.7 Å². The number of amides is 2. The van der Waals surface area contributed by atoms with Crippen LogP contribution in [0.1, 0.15) is 13.8 Å². The Hall–Kier alpha value is -2.03. The van der Waals surface area contributed by atoms with E-state index in [4.69, 9.17) is 10.5 Å². The zero-order valence-corrected chi connectivity index (χ0v) is 14.6. The van der Waals surface area contributed by atoms with Gasteiger partial charge in [0.2, 0.25) is 5.91 Å². The number of benzene rings is 1. The smallest absolute Gasteiger partial charge is 0.253 e. The lowest BCUT2D eigenvalue weighted by atomic mass is 10.2. The summed E-state index contributed by atoms with van der Waals surface area (Å²) in [4.78, 5) is 27.6. The number of nitrogens with zero attached hydrogens (tertiary/aromatic N) is 2. The molecule has 1 heterocycles. The highest BCUT2D eigenvalue weighted by molar-refractivity contribution is 5.97. The van der Waals surface area contributed by atoms with Crippen molar-refractivity contribution in [2.24, 2.45) is 5.73 Å². The van der Waals surface area contributed by atoms with Crippen molar-refractivity contribution >= 4 is 23.2 Å². The maximum atomic E-state index is 14.4. The average Bonchev–Trinajstić information content (AvgIpc) is 2.61. The second-order valence-corrected chi connectivity index (χ2v) is 5.72. The summed E-state index contributed by atoms with van der Waals surface area (Å²) in [5.41, 5.74) is 6.22. The third-order valence-electron chi connectivity index (χ3n) is 4.29. The Bertz CT molecular complexity index is 622. The lowest BCUT2D eigenvalue weighted by molar-refractivity contribution is -0.125. The minimum atomic E-state index is -0.597. The summed E-state index contributed by atoms with van der Waals surface area (Å²) in [6.07, 6.45) is 0. The van der Waals surface area contributed by atoms with Crippen molar-refractivity contribution in [2.45, 2.75) is 19.9 Å². The Kier molecular flexibility index (Phi) is 6.86. The van der Waals surface area contributed by atoms with Crippen LogP contribution in [0.2, 0.25) is 0 Å². The summed E-state index contributed by atoms with van der Waals surface area (Å²) >= 11 is 0. The van der Waals surface area contributed by atoms with Crippen LogP contribution in [0.3, 0.4) is 0 Å². The predicted octanol–water partition coefficient (Wildman–Crippen LogP) is 0.797. The Balaban J connectivity index is 2.12. The summed E-state index contributed by atoms with van der Waals surface area (Å²) in [6, 6.07) is 3.79. The van der Waals surface area contributed by atoms with Gasteiger partial charge in [-0.05, 0) is 31.3 Å². The summed E-state index contributed by atoms with van der Waals surface area (Å²) in [5, 5.41) is 2.59. The number of hydrogen-bond acceptors (Lipinski definition) is 5. The Morgan fingerprint density at radius 2 is 2.16 bits per heavy atom. The molecule has 25 heavy (non-hydrogen) atoms. The zero-order chi connectivity index (χ0) is 18.4. The van der Waals surface area contributed by atoms with E-state index < -0.39 is 11.9 Å². The minimum Gasteiger partial charge on any atom is -0.370 e. The van der Waals surface area contributed by atoms with Crippen LogP contribution in [-0.2, 0) is 14.3 Å².